The minimum Gasteiger partial charge on any atom is -0.507 e. The Balaban J connectivity index is 0.000000229. The van der Waals surface area contributed by atoms with Crippen LogP contribution < -0.4 is 16.2 Å². The molecule has 0 radical (unpaired) electrons. The van der Waals surface area contributed by atoms with Gasteiger partial charge in [0.05, 0.1) is 5.56 Å². The number of hydrogen-bond donors (Lipinski definition) is 3. The number of fused-ring (bicyclic) bond motifs is 1. The molecule has 0 aliphatic heterocycles. The van der Waals surface area contributed by atoms with Crippen molar-refractivity contribution in [3.05, 3.63) is 89.5 Å². The minimum atomic E-state index is -0.698. The number of nitrogen functional groups attached to an aromatic ring is 2. The van der Waals surface area contributed by atoms with E-state index in [0.29, 0.717) is 11.4 Å². The SMILES string of the molecule is Cc1cc(N)cc(C)c1O.Nc1cc2cnccc2cc1C(=O)Oc1ccccc1F. The maximum atomic E-state index is 13.5. The fourth-order valence-electron chi connectivity index (χ4n) is 3.00. The van der Waals surface area contributed by atoms with Crippen LogP contribution >= 0.6 is 0 Å². The van der Waals surface area contributed by atoms with E-state index in [1.165, 1.54) is 18.2 Å². The zero-order valence-electron chi connectivity index (χ0n) is 17.1. The quantitative estimate of drug-likeness (QED) is 0.187. The van der Waals surface area contributed by atoms with Gasteiger partial charge >= 0.3 is 5.97 Å². The van der Waals surface area contributed by atoms with Gasteiger partial charge in [-0.15, -0.1) is 0 Å². The molecule has 5 N–H and O–H groups in total. The van der Waals surface area contributed by atoms with E-state index >= 15 is 0 Å². The van der Waals surface area contributed by atoms with Crippen molar-refractivity contribution < 1.29 is 19.0 Å². The van der Waals surface area contributed by atoms with E-state index in [2.05, 4.69) is 4.98 Å². The summed E-state index contributed by atoms with van der Waals surface area (Å²) in [7, 11) is 0. The topological polar surface area (TPSA) is 111 Å². The van der Waals surface area contributed by atoms with E-state index in [0.717, 1.165) is 21.9 Å². The number of aromatic hydroxyl groups is 1. The Morgan fingerprint density at radius 2 is 1.68 bits per heavy atom. The summed E-state index contributed by atoms with van der Waals surface area (Å²) in [6.07, 6.45) is 3.27. The molecule has 0 bridgehead atoms. The molecule has 158 valence electrons. The maximum Gasteiger partial charge on any atom is 0.345 e. The molecule has 4 rings (SSSR count). The number of phenols is 1. The van der Waals surface area contributed by atoms with E-state index in [9.17, 15) is 14.3 Å². The average molecular weight is 419 g/mol. The number of aromatic nitrogens is 1. The number of ether oxygens (including phenoxy) is 1. The molecule has 1 aromatic heterocycles. The van der Waals surface area contributed by atoms with E-state index in [4.69, 9.17) is 16.2 Å². The van der Waals surface area contributed by atoms with Gasteiger partial charge in [-0.2, -0.15) is 0 Å². The van der Waals surface area contributed by atoms with Gasteiger partial charge < -0.3 is 21.3 Å². The van der Waals surface area contributed by atoms with Gasteiger partial charge in [0.2, 0.25) is 0 Å². The molecular weight excluding hydrogens is 397 g/mol. The highest BCUT2D eigenvalue weighted by Gasteiger charge is 2.15. The lowest BCUT2D eigenvalue weighted by Gasteiger charge is -2.08. The van der Waals surface area contributed by atoms with Gasteiger partial charge in [0, 0.05) is 29.2 Å². The van der Waals surface area contributed by atoms with Crippen molar-refractivity contribution in [3.63, 3.8) is 0 Å². The Bertz CT molecular complexity index is 1240. The number of nitrogens with two attached hydrogens (primary N) is 2. The number of esters is 1. The van der Waals surface area contributed by atoms with Gasteiger partial charge in [0.15, 0.2) is 11.6 Å². The number of carbonyl (C=O) groups is 1. The Labute approximate surface area is 178 Å². The van der Waals surface area contributed by atoms with Crippen LogP contribution in [0.2, 0.25) is 0 Å². The molecule has 0 spiro atoms. The maximum absolute atomic E-state index is 13.5. The first kappa shape index (κ1) is 21.6. The Kier molecular flexibility index (Phi) is 6.35. The molecule has 3 aromatic carbocycles. The number of pyridine rings is 1. The lowest BCUT2D eigenvalue weighted by molar-refractivity contribution is 0.0729. The minimum absolute atomic E-state index is 0.128. The van der Waals surface area contributed by atoms with Crippen molar-refractivity contribution in [2.45, 2.75) is 13.8 Å². The molecule has 0 fully saturated rings. The zero-order valence-corrected chi connectivity index (χ0v) is 17.1. The number of phenolic OH excluding ortho intramolecular Hbond substituents is 1. The highest BCUT2D eigenvalue weighted by molar-refractivity contribution is 6.01. The third-order valence-electron chi connectivity index (χ3n) is 4.58. The van der Waals surface area contributed by atoms with Crippen LogP contribution in [-0.2, 0) is 0 Å². The van der Waals surface area contributed by atoms with E-state index in [-0.39, 0.29) is 17.0 Å². The van der Waals surface area contributed by atoms with Crippen LogP contribution in [0.1, 0.15) is 21.5 Å². The normalized spacial score (nSPS) is 10.3. The molecule has 31 heavy (non-hydrogen) atoms. The number of nitrogens with zero attached hydrogens (tertiary/aromatic N) is 1. The second-order valence-electron chi connectivity index (χ2n) is 6.99. The summed E-state index contributed by atoms with van der Waals surface area (Å²) in [5.74, 6) is -1.09. The number of aryl methyl sites for hydroxylation is 2. The van der Waals surface area contributed by atoms with Crippen LogP contribution in [0, 0.1) is 19.7 Å². The number of carbonyl (C=O) groups excluding carboxylic acids is 1. The largest absolute Gasteiger partial charge is 0.507 e. The van der Waals surface area contributed by atoms with Crippen LogP contribution in [0.3, 0.4) is 0 Å². The Hall–Kier alpha value is -4.13. The summed E-state index contributed by atoms with van der Waals surface area (Å²) in [6, 6.07) is 14.2. The summed E-state index contributed by atoms with van der Waals surface area (Å²) in [5.41, 5.74) is 14.2. The molecule has 0 aliphatic rings. The average Bonchev–Trinajstić information content (AvgIpc) is 2.73. The summed E-state index contributed by atoms with van der Waals surface area (Å²) in [6.45, 7) is 3.66. The van der Waals surface area contributed by atoms with Crippen LogP contribution in [-0.4, -0.2) is 16.1 Å². The first-order chi connectivity index (χ1) is 14.8. The zero-order chi connectivity index (χ0) is 22.5. The van der Waals surface area contributed by atoms with Gasteiger partial charge in [0.1, 0.15) is 5.75 Å². The van der Waals surface area contributed by atoms with E-state index in [1.54, 1.807) is 48.8 Å². The predicted molar refractivity (Wildman–Crippen MR) is 120 cm³/mol. The Morgan fingerprint density at radius 1 is 1.00 bits per heavy atom. The fourth-order valence-corrected chi connectivity index (χ4v) is 3.00. The summed E-state index contributed by atoms with van der Waals surface area (Å²) in [4.78, 5) is 16.1. The number of anilines is 2. The first-order valence-corrected chi connectivity index (χ1v) is 9.42. The molecule has 0 unspecified atom stereocenters. The molecule has 6 nitrogen and oxygen atoms in total. The second-order valence-corrected chi connectivity index (χ2v) is 6.99. The predicted octanol–water partition coefficient (Wildman–Crippen LogP) is 4.77. The standard InChI is InChI=1S/C16H11FN2O2.C8H11NO/c17-13-3-1-2-4-15(13)21-16(20)12-7-10-5-6-19-9-11(10)8-14(12)18;1-5-3-7(9)4-6(2)8(5)10/h1-9H,18H2;3-4,10H,9H2,1-2H3. The smallest absolute Gasteiger partial charge is 0.345 e. The Morgan fingerprint density at radius 3 is 2.35 bits per heavy atom. The van der Waals surface area contributed by atoms with Crippen molar-refractivity contribution in [2.24, 2.45) is 0 Å². The van der Waals surface area contributed by atoms with Crippen molar-refractivity contribution in [1.82, 2.24) is 4.98 Å². The molecule has 0 atom stereocenters. The fraction of sp³-hybridized carbons (Fsp3) is 0.0833. The first-order valence-electron chi connectivity index (χ1n) is 9.42. The highest BCUT2D eigenvalue weighted by Crippen LogP contribution is 2.24. The molecule has 7 heteroatoms. The van der Waals surface area contributed by atoms with Crippen molar-refractivity contribution >= 4 is 28.1 Å². The number of hydrogen-bond acceptors (Lipinski definition) is 6. The van der Waals surface area contributed by atoms with Crippen LogP contribution in [0.25, 0.3) is 10.8 Å². The van der Waals surface area contributed by atoms with Crippen molar-refractivity contribution in [2.75, 3.05) is 11.5 Å². The van der Waals surface area contributed by atoms with Gasteiger partial charge in [-0.1, -0.05) is 12.1 Å². The monoisotopic (exact) mass is 419 g/mol. The van der Waals surface area contributed by atoms with Gasteiger partial charge in [-0.05, 0) is 72.8 Å². The van der Waals surface area contributed by atoms with Crippen LogP contribution in [0.15, 0.2) is 67.0 Å². The molecule has 0 aliphatic carbocycles. The molecule has 0 amide bonds. The molecule has 1 heterocycles. The van der Waals surface area contributed by atoms with Crippen LogP contribution in [0.5, 0.6) is 11.5 Å². The van der Waals surface area contributed by atoms with Crippen LogP contribution in [0.4, 0.5) is 15.8 Å². The van der Waals surface area contributed by atoms with Crippen molar-refractivity contribution in [1.29, 1.82) is 0 Å². The number of para-hydroxylation sites is 1. The molecular formula is C24H22FN3O3. The lowest BCUT2D eigenvalue weighted by atomic mass is 10.1. The number of halogens is 1. The second kappa shape index (κ2) is 9.13. The lowest BCUT2D eigenvalue weighted by Crippen LogP contribution is -2.12. The molecule has 4 aromatic rings. The van der Waals surface area contributed by atoms with Gasteiger partial charge in [-0.3, -0.25) is 4.98 Å². The third-order valence-corrected chi connectivity index (χ3v) is 4.58. The molecule has 0 saturated heterocycles. The highest BCUT2D eigenvalue weighted by atomic mass is 19.1. The van der Waals surface area contributed by atoms with Gasteiger partial charge in [-0.25, -0.2) is 9.18 Å². The van der Waals surface area contributed by atoms with E-state index < -0.39 is 11.8 Å². The third kappa shape index (κ3) is 5.08. The number of rotatable bonds is 2. The number of benzene rings is 3. The summed E-state index contributed by atoms with van der Waals surface area (Å²) < 4.78 is 18.6. The molecule has 0 saturated carbocycles. The van der Waals surface area contributed by atoms with Crippen molar-refractivity contribution in [3.8, 4) is 11.5 Å². The summed E-state index contributed by atoms with van der Waals surface area (Å²) in [5, 5.41) is 10.9. The van der Waals surface area contributed by atoms with Gasteiger partial charge in [0.25, 0.3) is 0 Å². The van der Waals surface area contributed by atoms with E-state index in [1.807, 2.05) is 13.8 Å². The summed E-state index contributed by atoms with van der Waals surface area (Å²) >= 11 is 0.